The van der Waals surface area contributed by atoms with E-state index in [1.165, 1.54) is 5.56 Å². The number of pyridine rings is 2. The van der Waals surface area contributed by atoms with Crippen molar-refractivity contribution in [1.82, 2.24) is 4.98 Å². The minimum absolute atomic E-state index is 0.0515. The molecule has 0 unspecified atom stereocenters. The zero-order chi connectivity index (χ0) is 16.4. The number of hydrogen-bond donors (Lipinski definition) is 1. The van der Waals surface area contributed by atoms with E-state index in [0.717, 1.165) is 28.4 Å². The molecule has 0 bridgehead atoms. The Morgan fingerprint density at radius 2 is 1.46 bits per heavy atom. The van der Waals surface area contributed by atoms with Crippen LogP contribution in [-0.4, -0.2) is 4.98 Å². The third-order valence-corrected chi connectivity index (χ3v) is 4.22. The van der Waals surface area contributed by atoms with E-state index in [9.17, 15) is 4.79 Å². The molecular weight excluding hydrogens is 296 g/mol. The van der Waals surface area contributed by atoms with Crippen LogP contribution in [0.1, 0.15) is 5.56 Å². The van der Waals surface area contributed by atoms with E-state index in [1.807, 2.05) is 30.3 Å². The molecule has 0 aliphatic carbocycles. The van der Waals surface area contributed by atoms with Gasteiger partial charge in [-0.15, -0.1) is 0 Å². The lowest BCUT2D eigenvalue weighted by atomic mass is 10.0. The third kappa shape index (κ3) is 2.72. The highest BCUT2D eigenvalue weighted by Gasteiger charge is 2.08. The highest BCUT2D eigenvalue weighted by molar-refractivity contribution is 5.95. The van der Waals surface area contributed by atoms with Gasteiger partial charge < -0.3 is 4.98 Å². The Labute approximate surface area is 139 Å². The van der Waals surface area contributed by atoms with Crippen LogP contribution < -0.4 is 10.1 Å². The smallest absolute Gasteiger partial charge is 0.255 e. The van der Waals surface area contributed by atoms with E-state index in [2.05, 4.69) is 58.3 Å². The second kappa shape index (κ2) is 6.13. The zero-order valence-electron chi connectivity index (χ0n) is 13.1. The number of benzene rings is 2. The van der Waals surface area contributed by atoms with Crippen LogP contribution in [0.25, 0.3) is 21.9 Å². The molecule has 2 aromatic heterocycles. The molecule has 0 aliphatic rings. The summed E-state index contributed by atoms with van der Waals surface area (Å²) in [5, 5.41) is 1.69. The van der Waals surface area contributed by atoms with Crippen LogP contribution in [0.4, 0.5) is 0 Å². The van der Waals surface area contributed by atoms with E-state index in [0.29, 0.717) is 0 Å². The Hall–Kier alpha value is -3.20. The molecule has 2 aromatic carbocycles. The van der Waals surface area contributed by atoms with Gasteiger partial charge >= 0.3 is 0 Å². The lowest BCUT2D eigenvalue weighted by Gasteiger charge is -2.06. The van der Waals surface area contributed by atoms with Gasteiger partial charge in [-0.05, 0) is 17.0 Å². The van der Waals surface area contributed by atoms with E-state index in [1.54, 1.807) is 6.20 Å². The van der Waals surface area contributed by atoms with Gasteiger partial charge in [-0.25, -0.2) is 4.57 Å². The standard InChI is InChI=1S/C21H16N2O/c24-21-19-9-5-4-8-18(19)20(14-22-21)17-10-12-23(13-11-17)15-16-6-2-1-3-7-16/h1-14H,15H2/p+1. The number of H-pyrrole nitrogens is 1. The number of aromatic amines is 1. The summed E-state index contributed by atoms with van der Waals surface area (Å²) in [5.41, 5.74) is 3.35. The van der Waals surface area contributed by atoms with E-state index in [4.69, 9.17) is 0 Å². The number of rotatable bonds is 3. The third-order valence-electron chi connectivity index (χ3n) is 4.22. The van der Waals surface area contributed by atoms with Gasteiger partial charge in [0.2, 0.25) is 0 Å². The monoisotopic (exact) mass is 313 g/mol. The highest BCUT2D eigenvalue weighted by atomic mass is 16.1. The summed E-state index contributed by atoms with van der Waals surface area (Å²) in [6.07, 6.45) is 5.94. The zero-order valence-corrected chi connectivity index (χ0v) is 13.1. The number of aromatic nitrogens is 2. The summed E-state index contributed by atoms with van der Waals surface area (Å²) in [6.45, 7) is 0.841. The molecule has 116 valence electrons. The molecule has 0 radical (unpaired) electrons. The van der Waals surface area contributed by atoms with E-state index in [-0.39, 0.29) is 5.56 Å². The fraction of sp³-hybridized carbons (Fsp3) is 0.0476. The molecule has 0 spiro atoms. The topological polar surface area (TPSA) is 36.7 Å². The summed E-state index contributed by atoms with van der Waals surface area (Å²) >= 11 is 0. The lowest BCUT2D eigenvalue weighted by Crippen LogP contribution is -2.32. The molecule has 0 fully saturated rings. The van der Waals surface area contributed by atoms with E-state index >= 15 is 0 Å². The number of fused-ring (bicyclic) bond motifs is 1. The van der Waals surface area contributed by atoms with Gasteiger partial charge in [0, 0.05) is 34.8 Å². The predicted molar refractivity (Wildman–Crippen MR) is 95.7 cm³/mol. The van der Waals surface area contributed by atoms with Crippen molar-refractivity contribution in [3.05, 3.63) is 101 Å². The van der Waals surface area contributed by atoms with Crippen molar-refractivity contribution in [2.45, 2.75) is 6.54 Å². The first kappa shape index (κ1) is 14.4. The molecule has 0 atom stereocenters. The van der Waals surface area contributed by atoms with Crippen molar-refractivity contribution < 1.29 is 4.57 Å². The molecule has 0 amide bonds. The van der Waals surface area contributed by atoms with Crippen molar-refractivity contribution in [2.24, 2.45) is 0 Å². The second-order valence-electron chi connectivity index (χ2n) is 5.82. The van der Waals surface area contributed by atoms with Crippen molar-refractivity contribution in [3.63, 3.8) is 0 Å². The first-order valence-corrected chi connectivity index (χ1v) is 7.95. The van der Waals surface area contributed by atoms with Gasteiger partial charge in [-0.3, -0.25) is 4.79 Å². The Bertz CT molecular complexity index is 1030. The molecule has 0 aliphatic heterocycles. The molecular formula is C21H17N2O+. The largest absolute Gasteiger partial charge is 0.328 e. The van der Waals surface area contributed by atoms with Crippen LogP contribution in [0.2, 0.25) is 0 Å². The van der Waals surface area contributed by atoms with Crippen molar-refractivity contribution in [1.29, 1.82) is 0 Å². The van der Waals surface area contributed by atoms with Crippen LogP contribution in [0.3, 0.4) is 0 Å². The van der Waals surface area contributed by atoms with Gasteiger partial charge in [0.05, 0.1) is 0 Å². The molecule has 3 heteroatoms. The van der Waals surface area contributed by atoms with Gasteiger partial charge in [-0.1, -0.05) is 48.5 Å². The summed E-state index contributed by atoms with van der Waals surface area (Å²) in [7, 11) is 0. The second-order valence-corrected chi connectivity index (χ2v) is 5.82. The van der Waals surface area contributed by atoms with Gasteiger partial charge in [0.25, 0.3) is 5.56 Å². The average Bonchev–Trinajstić information content (AvgIpc) is 2.64. The molecule has 2 heterocycles. The molecule has 0 saturated carbocycles. The molecule has 4 rings (SSSR count). The maximum absolute atomic E-state index is 12.0. The number of hydrogen-bond acceptors (Lipinski definition) is 1. The molecule has 3 nitrogen and oxygen atoms in total. The fourth-order valence-corrected chi connectivity index (χ4v) is 2.98. The van der Waals surface area contributed by atoms with Gasteiger partial charge in [-0.2, -0.15) is 0 Å². The first-order chi connectivity index (χ1) is 11.8. The van der Waals surface area contributed by atoms with Crippen LogP contribution in [0, 0.1) is 0 Å². The average molecular weight is 313 g/mol. The fourth-order valence-electron chi connectivity index (χ4n) is 2.98. The van der Waals surface area contributed by atoms with Crippen LogP contribution in [0.5, 0.6) is 0 Å². The summed E-state index contributed by atoms with van der Waals surface area (Å²) in [5.74, 6) is 0. The van der Waals surface area contributed by atoms with Crippen molar-refractivity contribution in [3.8, 4) is 11.1 Å². The Kier molecular flexibility index (Phi) is 3.67. The molecule has 0 saturated heterocycles. The van der Waals surface area contributed by atoms with Crippen molar-refractivity contribution >= 4 is 10.8 Å². The highest BCUT2D eigenvalue weighted by Crippen LogP contribution is 2.24. The maximum atomic E-state index is 12.0. The number of nitrogens with zero attached hydrogens (tertiary/aromatic N) is 1. The maximum Gasteiger partial charge on any atom is 0.255 e. The van der Waals surface area contributed by atoms with Crippen LogP contribution >= 0.6 is 0 Å². The summed E-state index contributed by atoms with van der Waals surface area (Å²) < 4.78 is 2.15. The Morgan fingerprint density at radius 3 is 2.21 bits per heavy atom. The predicted octanol–water partition coefficient (Wildman–Crippen LogP) is 3.53. The molecule has 4 aromatic rings. The lowest BCUT2D eigenvalue weighted by molar-refractivity contribution is -0.688. The Balaban J connectivity index is 1.71. The molecule has 1 N–H and O–H groups in total. The van der Waals surface area contributed by atoms with Crippen LogP contribution in [-0.2, 0) is 6.54 Å². The normalized spacial score (nSPS) is 10.8. The minimum Gasteiger partial charge on any atom is -0.328 e. The SMILES string of the molecule is O=c1[nH]cc(-c2cc[n+](Cc3ccccc3)cc2)c2ccccc12. The van der Waals surface area contributed by atoms with Crippen LogP contribution in [0.15, 0.2) is 90.1 Å². The quantitative estimate of drug-likeness (QED) is 0.577. The van der Waals surface area contributed by atoms with Crippen molar-refractivity contribution in [2.75, 3.05) is 0 Å². The Morgan fingerprint density at radius 1 is 0.792 bits per heavy atom. The number of nitrogens with one attached hydrogen (secondary N) is 1. The van der Waals surface area contributed by atoms with E-state index < -0.39 is 0 Å². The van der Waals surface area contributed by atoms with Gasteiger partial charge in [0.15, 0.2) is 18.9 Å². The summed E-state index contributed by atoms with van der Waals surface area (Å²) in [4.78, 5) is 14.8. The van der Waals surface area contributed by atoms with Gasteiger partial charge in [0.1, 0.15) is 0 Å². The minimum atomic E-state index is -0.0515. The first-order valence-electron chi connectivity index (χ1n) is 7.95. The molecule has 24 heavy (non-hydrogen) atoms. The summed E-state index contributed by atoms with van der Waals surface area (Å²) in [6, 6.07) is 22.2.